The quantitative estimate of drug-likeness (QED) is 0.779. The Morgan fingerprint density at radius 3 is 2.57 bits per heavy atom. The molecule has 1 fully saturated rings. The topological polar surface area (TPSA) is 50.8 Å². The van der Waals surface area contributed by atoms with Gasteiger partial charge in [0, 0.05) is 33.4 Å². The first-order valence-electron chi connectivity index (χ1n) is 8.80. The van der Waals surface area contributed by atoms with Gasteiger partial charge < -0.3 is 19.7 Å². The molecular formula is C18H36N2O3. The van der Waals surface area contributed by atoms with E-state index in [1.54, 1.807) is 7.11 Å². The van der Waals surface area contributed by atoms with Crippen LogP contribution >= 0.6 is 0 Å². The van der Waals surface area contributed by atoms with Crippen molar-refractivity contribution in [2.45, 2.75) is 59.5 Å². The molecule has 5 heteroatoms. The predicted octanol–water partition coefficient (Wildman–Crippen LogP) is 3.29. The van der Waals surface area contributed by atoms with Gasteiger partial charge in [-0.3, -0.25) is 0 Å². The lowest BCUT2D eigenvalue weighted by Gasteiger charge is -2.35. The summed E-state index contributed by atoms with van der Waals surface area (Å²) in [5, 5.41) is 3.58. The molecule has 0 radical (unpaired) electrons. The third-order valence-corrected chi connectivity index (χ3v) is 4.19. The molecule has 23 heavy (non-hydrogen) atoms. The number of ether oxygens (including phenoxy) is 2. The van der Waals surface area contributed by atoms with Gasteiger partial charge in [0.2, 0.25) is 0 Å². The Labute approximate surface area is 142 Å². The molecule has 1 N–H and O–H groups in total. The molecule has 0 aromatic rings. The van der Waals surface area contributed by atoms with Crippen LogP contribution < -0.4 is 5.32 Å². The lowest BCUT2D eigenvalue weighted by molar-refractivity contribution is 0.0165. The van der Waals surface area contributed by atoms with Crippen molar-refractivity contribution in [1.29, 1.82) is 0 Å². The molecule has 1 unspecified atom stereocenters. The maximum Gasteiger partial charge on any atom is 0.410 e. The maximum atomic E-state index is 12.2. The molecular weight excluding hydrogens is 292 g/mol. The van der Waals surface area contributed by atoms with Gasteiger partial charge in [-0.1, -0.05) is 13.8 Å². The molecule has 0 spiro atoms. The van der Waals surface area contributed by atoms with Crippen LogP contribution in [0.3, 0.4) is 0 Å². The minimum Gasteiger partial charge on any atom is -0.444 e. The maximum absolute atomic E-state index is 12.2. The average Bonchev–Trinajstić information content (AvgIpc) is 2.43. The molecule has 1 aliphatic heterocycles. The highest BCUT2D eigenvalue weighted by Crippen LogP contribution is 2.21. The zero-order valence-electron chi connectivity index (χ0n) is 15.9. The van der Waals surface area contributed by atoms with E-state index < -0.39 is 5.60 Å². The van der Waals surface area contributed by atoms with Crippen molar-refractivity contribution in [3.8, 4) is 0 Å². The third kappa shape index (κ3) is 8.56. The lowest BCUT2D eigenvalue weighted by atomic mass is 9.89. The monoisotopic (exact) mass is 328 g/mol. The fourth-order valence-electron chi connectivity index (χ4n) is 2.81. The smallest absolute Gasteiger partial charge is 0.410 e. The fourth-order valence-corrected chi connectivity index (χ4v) is 2.81. The van der Waals surface area contributed by atoms with Gasteiger partial charge in [-0.2, -0.15) is 0 Å². The third-order valence-electron chi connectivity index (χ3n) is 4.19. The van der Waals surface area contributed by atoms with Crippen LogP contribution in [-0.4, -0.2) is 56.5 Å². The summed E-state index contributed by atoms with van der Waals surface area (Å²) >= 11 is 0. The van der Waals surface area contributed by atoms with Gasteiger partial charge in [-0.25, -0.2) is 4.79 Å². The molecule has 5 nitrogen and oxygen atoms in total. The highest BCUT2D eigenvalue weighted by atomic mass is 16.6. The molecule has 0 bridgehead atoms. The zero-order chi connectivity index (χ0) is 17.5. The highest BCUT2D eigenvalue weighted by Gasteiger charge is 2.27. The number of piperidine rings is 1. The minimum atomic E-state index is -0.423. The Balaban J connectivity index is 2.34. The van der Waals surface area contributed by atoms with E-state index >= 15 is 0 Å². The van der Waals surface area contributed by atoms with Crippen LogP contribution in [0.15, 0.2) is 0 Å². The van der Waals surface area contributed by atoms with Gasteiger partial charge in [0.25, 0.3) is 0 Å². The van der Waals surface area contributed by atoms with E-state index in [1.807, 2.05) is 25.7 Å². The fraction of sp³-hybridized carbons (Fsp3) is 0.944. The van der Waals surface area contributed by atoms with Crippen LogP contribution in [0.1, 0.15) is 53.9 Å². The second-order valence-corrected chi connectivity index (χ2v) is 8.47. The predicted molar refractivity (Wildman–Crippen MR) is 93.7 cm³/mol. The van der Waals surface area contributed by atoms with Gasteiger partial charge in [0.15, 0.2) is 0 Å². The Hall–Kier alpha value is -0.810. The summed E-state index contributed by atoms with van der Waals surface area (Å²) in [6.07, 6.45) is 3.09. The van der Waals surface area contributed by atoms with Crippen molar-refractivity contribution >= 4 is 6.09 Å². The van der Waals surface area contributed by atoms with E-state index in [1.165, 1.54) is 6.42 Å². The lowest BCUT2D eigenvalue weighted by Crippen LogP contribution is -2.45. The molecule has 0 saturated carbocycles. The molecule has 1 heterocycles. The zero-order valence-corrected chi connectivity index (χ0v) is 15.9. The van der Waals surface area contributed by atoms with E-state index in [2.05, 4.69) is 19.2 Å². The van der Waals surface area contributed by atoms with Crippen molar-refractivity contribution in [2.75, 3.05) is 39.9 Å². The number of rotatable bonds is 7. The van der Waals surface area contributed by atoms with Gasteiger partial charge in [0.05, 0.1) is 0 Å². The van der Waals surface area contributed by atoms with Crippen LogP contribution in [-0.2, 0) is 9.47 Å². The van der Waals surface area contributed by atoms with Gasteiger partial charge in [0.1, 0.15) is 5.60 Å². The molecule has 0 aliphatic carbocycles. The van der Waals surface area contributed by atoms with Crippen LogP contribution in [0.2, 0.25) is 0 Å². The Bertz CT molecular complexity index is 364. The number of nitrogens with zero attached hydrogens (tertiary/aromatic N) is 1. The SMILES string of the molecule is COCCC(C)(C)CNCC1CCCN(C(=O)OC(C)(C)C)C1. The number of carbonyl (C=O) groups is 1. The number of methoxy groups -OCH3 is 1. The minimum absolute atomic E-state index is 0.178. The van der Waals surface area contributed by atoms with E-state index in [0.29, 0.717) is 5.92 Å². The number of hydrogen-bond donors (Lipinski definition) is 1. The summed E-state index contributed by atoms with van der Waals surface area (Å²) in [6, 6.07) is 0. The molecule has 0 aromatic heterocycles. The van der Waals surface area contributed by atoms with Crippen LogP contribution in [0, 0.1) is 11.3 Å². The van der Waals surface area contributed by atoms with Crippen molar-refractivity contribution in [2.24, 2.45) is 11.3 Å². The number of carbonyl (C=O) groups excluding carboxylic acids is 1. The first kappa shape index (κ1) is 20.2. The summed E-state index contributed by atoms with van der Waals surface area (Å²) in [4.78, 5) is 14.0. The molecule has 1 atom stereocenters. The van der Waals surface area contributed by atoms with Crippen molar-refractivity contribution in [1.82, 2.24) is 10.2 Å². The molecule has 1 saturated heterocycles. The average molecular weight is 328 g/mol. The molecule has 1 amide bonds. The molecule has 1 rings (SSSR count). The Morgan fingerprint density at radius 2 is 1.96 bits per heavy atom. The number of likely N-dealkylation sites (tertiary alicyclic amines) is 1. The van der Waals surface area contributed by atoms with Crippen molar-refractivity contribution in [3.63, 3.8) is 0 Å². The number of amides is 1. The molecule has 1 aliphatic rings. The van der Waals surface area contributed by atoms with Crippen LogP contribution in [0.5, 0.6) is 0 Å². The highest BCUT2D eigenvalue weighted by molar-refractivity contribution is 5.68. The summed E-state index contributed by atoms with van der Waals surface area (Å²) in [5.74, 6) is 0.509. The standard InChI is InChI=1S/C18H36N2O3/c1-17(2,3)23-16(21)20-10-7-8-15(13-20)12-19-14-18(4,5)9-11-22-6/h15,19H,7-14H2,1-6H3. The van der Waals surface area contributed by atoms with Crippen LogP contribution in [0.25, 0.3) is 0 Å². The van der Waals surface area contributed by atoms with Gasteiger partial charge in [-0.15, -0.1) is 0 Å². The second kappa shape index (κ2) is 8.88. The van der Waals surface area contributed by atoms with Crippen LogP contribution in [0.4, 0.5) is 4.79 Å². The Kier molecular flexibility index (Phi) is 7.81. The van der Waals surface area contributed by atoms with Gasteiger partial charge >= 0.3 is 6.09 Å². The summed E-state index contributed by atoms with van der Waals surface area (Å²) in [5.41, 5.74) is -0.191. The number of nitrogens with one attached hydrogen (secondary N) is 1. The summed E-state index contributed by atoms with van der Waals surface area (Å²) < 4.78 is 10.6. The van der Waals surface area contributed by atoms with E-state index in [0.717, 1.165) is 45.6 Å². The van der Waals surface area contributed by atoms with E-state index in [4.69, 9.17) is 9.47 Å². The molecule has 136 valence electrons. The van der Waals surface area contributed by atoms with Crippen molar-refractivity contribution < 1.29 is 14.3 Å². The molecule has 0 aromatic carbocycles. The van der Waals surface area contributed by atoms with E-state index in [-0.39, 0.29) is 11.5 Å². The largest absolute Gasteiger partial charge is 0.444 e. The summed E-state index contributed by atoms with van der Waals surface area (Å²) in [6.45, 7) is 14.6. The van der Waals surface area contributed by atoms with Crippen molar-refractivity contribution in [3.05, 3.63) is 0 Å². The summed E-state index contributed by atoms with van der Waals surface area (Å²) in [7, 11) is 1.75. The number of hydrogen-bond acceptors (Lipinski definition) is 4. The second-order valence-electron chi connectivity index (χ2n) is 8.47. The van der Waals surface area contributed by atoms with Gasteiger partial charge in [-0.05, 0) is 57.9 Å². The van der Waals surface area contributed by atoms with E-state index in [9.17, 15) is 4.79 Å². The first-order valence-corrected chi connectivity index (χ1v) is 8.80. The normalized spacial score (nSPS) is 19.7. The first-order chi connectivity index (χ1) is 10.6. The Morgan fingerprint density at radius 1 is 1.26 bits per heavy atom.